The van der Waals surface area contributed by atoms with Crippen LogP contribution in [0.25, 0.3) is 5.69 Å². The predicted molar refractivity (Wildman–Crippen MR) is 76.8 cm³/mol. The molecule has 0 radical (unpaired) electrons. The zero-order valence-corrected chi connectivity index (χ0v) is 12.6. The monoisotopic (exact) mass is 306 g/mol. The highest BCUT2D eigenvalue weighted by atomic mass is 35.5. The van der Waals surface area contributed by atoms with Crippen molar-refractivity contribution in [1.82, 2.24) is 24.7 Å². The van der Waals surface area contributed by atoms with Gasteiger partial charge in [-0.15, -0.1) is 10.2 Å². The smallest absolute Gasteiger partial charge is 0.224 e. The fourth-order valence-corrected chi connectivity index (χ4v) is 3.42. The first-order valence-electron chi connectivity index (χ1n) is 6.98. The van der Waals surface area contributed by atoms with Gasteiger partial charge in [-0.05, 0) is 24.9 Å². The van der Waals surface area contributed by atoms with E-state index in [2.05, 4.69) is 32.0 Å². The van der Waals surface area contributed by atoms with E-state index in [4.69, 9.17) is 16.3 Å². The van der Waals surface area contributed by atoms with Gasteiger partial charge in [-0.1, -0.05) is 6.92 Å². The molecule has 0 spiro atoms. The number of aromatic nitrogens is 5. The lowest BCUT2D eigenvalue weighted by Crippen LogP contribution is -2.58. The maximum atomic E-state index is 6.02. The summed E-state index contributed by atoms with van der Waals surface area (Å²) in [6, 6.07) is 0. The zero-order chi connectivity index (χ0) is 14.6. The van der Waals surface area contributed by atoms with Gasteiger partial charge in [0.1, 0.15) is 17.1 Å². The quantitative estimate of drug-likeness (QED) is 0.743. The molecule has 1 saturated heterocycles. The standard InChI is InChI=1S/C13H15ClN6O/c1-3-13-7-21-5-4-19(13)10-9(6-15-12(14)16-10)20-8(2)17-18-11(13)20/h6H,3-5,7H2,1-2H3. The Kier molecular flexibility index (Phi) is 2.71. The van der Waals surface area contributed by atoms with E-state index >= 15 is 0 Å². The summed E-state index contributed by atoms with van der Waals surface area (Å²) in [5, 5.41) is 8.90. The Balaban J connectivity index is 2.06. The molecular formula is C13H15ClN6O. The number of morpholine rings is 1. The van der Waals surface area contributed by atoms with E-state index in [0.29, 0.717) is 13.2 Å². The molecule has 1 fully saturated rings. The van der Waals surface area contributed by atoms with Gasteiger partial charge in [0.2, 0.25) is 5.28 Å². The summed E-state index contributed by atoms with van der Waals surface area (Å²) in [6.07, 6.45) is 2.59. The molecule has 7 nitrogen and oxygen atoms in total. The molecule has 2 aliphatic heterocycles. The van der Waals surface area contributed by atoms with Crippen molar-refractivity contribution < 1.29 is 4.74 Å². The van der Waals surface area contributed by atoms with Crippen molar-refractivity contribution in [3.63, 3.8) is 0 Å². The van der Waals surface area contributed by atoms with Crippen molar-refractivity contribution in [3.8, 4) is 5.69 Å². The van der Waals surface area contributed by atoms with Gasteiger partial charge in [0.15, 0.2) is 11.6 Å². The fourth-order valence-electron chi connectivity index (χ4n) is 3.29. The normalized spacial score (nSPS) is 23.5. The van der Waals surface area contributed by atoms with E-state index in [0.717, 1.165) is 36.1 Å². The zero-order valence-electron chi connectivity index (χ0n) is 11.9. The van der Waals surface area contributed by atoms with Crippen LogP contribution in [0.3, 0.4) is 0 Å². The average molecular weight is 307 g/mol. The molecule has 2 aromatic rings. The molecule has 21 heavy (non-hydrogen) atoms. The van der Waals surface area contributed by atoms with Crippen LogP contribution in [0.5, 0.6) is 0 Å². The topological polar surface area (TPSA) is 69.0 Å². The molecular weight excluding hydrogens is 292 g/mol. The summed E-state index contributed by atoms with van der Waals surface area (Å²) < 4.78 is 7.76. The Hall–Kier alpha value is -1.73. The Morgan fingerprint density at radius 3 is 3.10 bits per heavy atom. The van der Waals surface area contributed by atoms with Gasteiger partial charge in [0.05, 0.1) is 19.4 Å². The van der Waals surface area contributed by atoms with Crippen LogP contribution >= 0.6 is 11.6 Å². The molecule has 110 valence electrons. The third-order valence-electron chi connectivity index (χ3n) is 4.36. The first-order valence-corrected chi connectivity index (χ1v) is 7.36. The largest absolute Gasteiger partial charge is 0.377 e. The highest BCUT2D eigenvalue weighted by Crippen LogP contribution is 2.44. The summed E-state index contributed by atoms with van der Waals surface area (Å²) in [5.41, 5.74) is 0.535. The molecule has 2 aliphatic rings. The minimum absolute atomic E-state index is 0.249. The number of ether oxygens (including phenoxy) is 1. The van der Waals surface area contributed by atoms with Crippen LogP contribution in [0.2, 0.25) is 5.28 Å². The van der Waals surface area contributed by atoms with E-state index < -0.39 is 0 Å². The molecule has 1 unspecified atom stereocenters. The molecule has 0 saturated carbocycles. The number of hydrogen-bond donors (Lipinski definition) is 0. The number of anilines is 1. The van der Waals surface area contributed by atoms with Gasteiger partial charge < -0.3 is 9.64 Å². The molecule has 0 aromatic carbocycles. The van der Waals surface area contributed by atoms with E-state index in [1.54, 1.807) is 6.20 Å². The van der Waals surface area contributed by atoms with E-state index in [9.17, 15) is 0 Å². The molecule has 0 amide bonds. The third kappa shape index (κ3) is 1.58. The van der Waals surface area contributed by atoms with Crippen molar-refractivity contribution in [2.45, 2.75) is 25.8 Å². The number of rotatable bonds is 1. The lowest BCUT2D eigenvalue weighted by Gasteiger charge is -2.49. The lowest BCUT2D eigenvalue weighted by atomic mass is 9.90. The van der Waals surface area contributed by atoms with Crippen LogP contribution < -0.4 is 4.90 Å². The SMILES string of the molecule is CCC12COCCN1c1nc(Cl)ncc1-n1c(C)nnc12. The number of fused-ring (bicyclic) bond motifs is 6. The number of halogens is 1. The highest BCUT2D eigenvalue weighted by Gasteiger charge is 2.49. The van der Waals surface area contributed by atoms with Gasteiger partial charge in [0, 0.05) is 6.54 Å². The van der Waals surface area contributed by atoms with Crippen molar-refractivity contribution in [1.29, 1.82) is 0 Å². The summed E-state index contributed by atoms with van der Waals surface area (Å²) in [5.74, 6) is 2.53. The first-order chi connectivity index (χ1) is 10.2. The Bertz CT molecular complexity index is 717. The Morgan fingerprint density at radius 2 is 2.29 bits per heavy atom. The highest BCUT2D eigenvalue weighted by molar-refractivity contribution is 6.28. The molecule has 0 N–H and O–H groups in total. The second-order valence-corrected chi connectivity index (χ2v) is 5.68. The van der Waals surface area contributed by atoms with Crippen LogP contribution in [0.4, 0.5) is 5.82 Å². The van der Waals surface area contributed by atoms with Crippen LogP contribution in [0.15, 0.2) is 6.20 Å². The number of hydrogen-bond acceptors (Lipinski definition) is 6. The van der Waals surface area contributed by atoms with Gasteiger partial charge in [0.25, 0.3) is 0 Å². The minimum Gasteiger partial charge on any atom is -0.377 e. The molecule has 8 heteroatoms. The van der Waals surface area contributed by atoms with E-state index in [1.807, 2.05) is 11.5 Å². The maximum Gasteiger partial charge on any atom is 0.224 e. The van der Waals surface area contributed by atoms with Crippen LogP contribution in [-0.4, -0.2) is 44.5 Å². The maximum absolute atomic E-state index is 6.02. The summed E-state index contributed by atoms with van der Waals surface area (Å²) >= 11 is 6.02. The fraction of sp³-hybridized carbons (Fsp3) is 0.538. The average Bonchev–Trinajstić information content (AvgIpc) is 2.90. The van der Waals surface area contributed by atoms with E-state index in [-0.39, 0.29) is 10.8 Å². The van der Waals surface area contributed by atoms with Crippen molar-refractivity contribution in [3.05, 3.63) is 23.1 Å². The Labute approximate surface area is 126 Å². The summed E-state index contributed by atoms with van der Waals surface area (Å²) in [4.78, 5) is 10.8. The predicted octanol–water partition coefficient (Wildman–Crippen LogP) is 1.47. The number of aryl methyl sites for hydroxylation is 1. The summed E-state index contributed by atoms with van der Waals surface area (Å²) in [6.45, 7) is 6.04. The molecule has 4 heterocycles. The van der Waals surface area contributed by atoms with Gasteiger partial charge in [-0.25, -0.2) is 4.98 Å². The van der Waals surface area contributed by atoms with Crippen LogP contribution in [0, 0.1) is 6.92 Å². The van der Waals surface area contributed by atoms with Crippen LogP contribution in [0.1, 0.15) is 25.0 Å². The van der Waals surface area contributed by atoms with Crippen molar-refractivity contribution in [2.75, 3.05) is 24.7 Å². The molecule has 4 rings (SSSR count). The third-order valence-corrected chi connectivity index (χ3v) is 4.54. The van der Waals surface area contributed by atoms with Crippen molar-refractivity contribution in [2.24, 2.45) is 0 Å². The molecule has 2 aromatic heterocycles. The minimum atomic E-state index is -0.343. The Morgan fingerprint density at radius 1 is 1.43 bits per heavy atom. The van der Waals surface area contributed by atoms with Gasteiger partial charge >= 0.3 is 0 Å². The van der Waals surface area contributed by atoms with Gasteiger partial charge in [-0.3, -0.25) is 4.57 Å². The van der Waals surface area contributed by atoms with E-state index in [1.165, 1.54) is 0 Å². The molecule has 0 bridgehead atoms. The second-order valence-electron chi connectivity index (χ2n) is 5.34. The van der Waals surface area contributed by atoms with Gasteiger partial charge in [-0.2, -0.15) is 4.98 Å². The summed E-state index contributed by atoms with van der Waals surface area (Å²) in [7, 11) is 0. The molecule has 1 atom stereocenters. The lowest BCUT2D eigenvalue weighted by molar-refractivity contribution is 0.0390. The first kappa shape index (κ1) is 13.0. The van der Waals surface area contributed by atoms with Crippen molar-refractivity contribution >= 4 is 17.4 Å². The molecule has 0 aliphatic carbocycles. The van der Waals surface area contributed by atoms with Crippen LogP contribution in [-0.2, 0) is 10.3 Å². The number of nitrogens with zero attached hydrogens (tertiary/aromatic N) is 6. The second kappa shape index (κ2) is 4.38.